The molecule has 1 aromatic heterocycles. The summed E-state index contributed by atoms with van der Waals surface area (Å²) in [6, 6.07) is 8.51. The number of aromatic nitrogens is 1. The summed E-state index contributed by atoms with van der Waals surface area (Å²) in [6.07, 6.45) is 0.358. The minimum absolute atomic E-state index is 0.0561. The highest BCUT2D eigenvalue weighted by Crippen LogP contribution is 2.31. The molecule has 5 amide bonds. The van der Waals surface area contributed by atoms with E-state index in [4.69, 9.17) is 0 Å². The normalized spacial score (nSPS) is 22.1. The molecule has 9 nitrogen and oxygen atoms in total. The Balaban J connectivity index is 1.40. The molecule has 1 saturated heterocycles. The lowest BCUT2D eigenvalue weighted by Gasteiger charge is -2.32. The standard InChI is InChI=1S/C27H33F3N6O3/c1-17-7-9-20(10-8-17)23(35-25(38)32-14-18-5-3-2-4-6-18)24(37)34-22-13-19(11-12-31-22)15-36-16-21(27(28,29)30)33-26(36)39/h2-6,11-13,17,20-21,23H,7-10,14-16H2,1H3,(H,33,39)(H,31,34,37)(H2,32,35,38)/t17?,20?,21-,23?/m0/s1. The molecule has 2 heterocycles. The zero-order chi connectivity index (χ0) is 28.0. The van der Waals surface area contributed by atoms with Gasteiger partial charge >= 0.3 is 18.2 Å². The van der Waals surface area contributed by atoms with Crippen molar-refractivity contribution in [1.82, 2.24) is 25.8 Å². The van der Waals surface area contributed by atoms with Gasteiger partial charge in [0.1, 0.15) is 17.9 Å². The Morgan fingerprint density at radius 3 is 2.49 bits per heavy atom. The fraction of sp³-hybridized carbons (Fsp3) is 0.481. The fourth-order valence-electron chi connectivity index (χ4n) is 4.96. The molecule has 2 fully saturated rings. The van der Waals surface area contributed by atoms with Gasteiger partial charge in [0.25, 0.3) is 0 Å². The smallest absolute Gasteiger partial charge is 0.334 e. The average Bonchev–Trinajstić information content (AvgIpc) is 3.28. The Bertz CT molecular complexity index is 1150. The van der Waals surface area contributed by atoms with Crippen molar-refractivity contribution in [3.8, 4) is 0 Å². The molecule has 1 saturated carbocycles. The molecule has 12 heteroatoms. The summed E-state index contributed by atoms with van der Waals surface area (Å²) in [4.78, 5) is 43.3. The van der Waals surface area contributed by atoms with E-state index in [9.17, 15) is 27.6 Å². The fourth-order valence-corrected chi connectivity index (χ4v) is 4.96. The molecular formula is C27H33F3N6O3. The number of rotatable bonds is 8. The molecule has 1 unspecified atom stereocenters. The van der Waals surface area contributed by atoms with Gasteiger partial charge in [-0.3, -0.25) is 4.79 Å². The Hall–Kier alpha value is -3.83. The maximum absolute atomic E-state index is 13.4. The first-order valence-electron chi connectivity index (χ1n) is 13.0. The summed E-state index contributed by atoms with van der Waals surface area (Å²) >= 11 is 0. The van der Waals surface area contributed by atoms with Crippen molar-refractivity contribution in [3.63, 3.8) is 0 Å². The number of hydrogen-bond donors (Lipinski definition) is 4. The van der Waals surface area contributed by atoms with Gasteiger partial charge in [-0.05, 0) is 47.9 Å². The Labute approximate surface area is 224 Å². The van der Waals surface area contributed by atoms with E-state index in [1.807, 2.05) is 35.6 Å². The third-order valence-corrected chi connectivity index (χ3v) is 7.23. The molecule has 0 bridgehead atoms. The monoisotopic (exact) mass is 546 g/mol. The van der Waals surface area contributed by atoms with E-state index in [-0.39, 0.29) is 18.3 Å². The molecule has 39 heavy (non-hydrogen) atoms. The molecule has 4 rings (SSSR count). The number of halogens is 3. The topological polar surface area (TPSA) is 115 Å². The number of nitrogens with zero attached hydrogens (tertiary/aromatic N) is 2. The number of carbonyl (C=O) groups is 3. The Morgan fingerprint density at radius 2 is 1.82 bits per heavy atom. The van der Waals surface area contributed by atoms with Crippen LogP contribution in [0.2, 0.25) is 0 Å². The number of alkyl halides is 3. The maximum atomic E-state index is 13.4. The molecule has 0 spiro atoms. The van der Waals surface area contributed by atoms with Crippen molar-refractivity contribution >= 4 is 23.8 Å². The van der Waals surface area contributed by atoms with Crippen molar-refractivity contribution in [2.45, 2.75) is 64.0 Å². The summed E-state index contributed by atoms with van der Waals surface area (Å²) in [5, 5.41) is 10.3. The van der Waals surface area contributed by atoms with Crippen molar-refractivity contribution in [3.05, 3.63) is 59.8 Å². The summed E-state index contributed by atoms with van der Waals surface area (Å²) in [7, 11) is 0. The number of nitrogens with one attached hydrogen (secondary N) is 4. The first-order chi connectivity index (χ1) is 18.6. The van der Waals surface area contributed by atoms with Gasteiger partial charge in [-0.15, -0.1) is 0 Å². The van der Waals surface area contributed by atoms with Gasteiger partial charge < -0.3 is 26.2 Å². The van der Waals surface area contributed by atoms with E-state index in [2.05, 4.69) is 27.9 Å². The maximum Gasteiger partial charge on any atom is 0.410 e. The SMILES string of the molecule is CC1CCC(C(NC(=O)NCc2ccccc2)C(=O)Nc2cc(CN3C[C@@H](C(F)(F)F)NC3=O)ccn2)CC1. The summed E-state index contributed by atoms with van der Waals surface area (Å²) in [5.74, 6) is 0.254. The van der Waals surface area contributed by atoms with Crippen LogP contribution < -0.4 is 21.3 Å². The van der Waals surface area contributed by atoms with Gasteiger partial charge in [0.15, 0.2) is 0 Å². The van der Waals surface area contributed by atoms with Gasteiger partial charge in [0.05, 0.1) is 6.54 Å². The molecule has 2 aliphatic rings. The molecule has 2 aromatic rings. The van der Waals surface area contributed by atoms with E-state index >= 15 is 0 Å². The van der Waals surface area contributed by atoms with Crippen LogP contribution in [0.4, 0.5) is 28.6 Å². The highest BCUT2D eigenvalue weighted by molar-refractivity contribution is 5.96. The molecule has 4 N–H and O–H groups in total. The lowest BCUT2D eigenvalue weighted by Crippen LogP contribution is -2.52. The lowest BCUT2D eigenvalue weighted by molar-refractivity contribution is -0.149. The van der Waals surface area contributed by atoms with Crippen LogP contribution >= 0.6 is 0 Å². The highest BCUT2D eigenvalue weighted by atomic mass is 19.4. The number of amides is 5. The van der Waals surface area contributed by atoms with Crippen LogP contribution in [0.15, 0.2) is 48.7 Å². The Morgan fingerprint density at radius 1 is 1.10 bits per heavy atom. The second-order valence-electron chi connectivity index (χ2n) is 10.3. The number of anilines is 1. The molecular weight excluding hydrogens is 513 g/mol. The summed E-state index contributed by atoms with van der Waals surface area (Å²) < 4.78 is 39.0. The van der Waals surface area contributed by atoms with Crippen molar-refractivity contribution in [2.75, 3.05) is 11.9 Å². The van der Waals surface area contributed by atoms with Gasteiger partial charge in [-0.1, -0.05) is 50.1 Å². The second-order valence-corrected chi connectivity index (χ2v) is 10.3. The van der Waals surface area contributed by atoms with Crippen molar-refractivity contribution < 1.29 is 27.6 Å². The average molecular weight is 547 g/mol. The molecule has 2 atom stereocenters. The van der Waals surface area contributed by atoms with Crippen LogP contribution in [-0.4, -0.2) is 52.7 Å². The zero-order valence-corrected chi connectivity index (χ0v) is 21.6. The van der Waals surface area contributed by atoms with Crippen LogP contribution in [0.5, 0.6) is 0 Å². The van der Waals surface area contributed by atoms with E-state index < -0.39 is 42.8 Å². The highest BCUT2D eigenvalue weighted by Gasteiger charge is 2.46. The third kappa shape index (κ3) is 7.84. The van der Waals surface area contributed by atoms with Crippen LogP contribution in [0.3, 0.4) is 0 Å². The van der Waals surface area contributed by atoms with E-state index in [0.29, 0.717) is 18.0 Å². The molecule has 1 aliphatic carbocycles. The van der Waals surface area contributed by atoms with Gasteiger partial charge in [-0.2, -0.15) is 13.2 Å². The predicted octanol–water partition coefficient (Wildman–Crippen LogP) is 4.17. The lowest BCUT2D eigenvalue weighted by atomic mass is 9.79. The minimum atomic E-state index is -4.53. The largest absolute Gasteiger partial charge is 0.410 e. The molecule has 0 radical (unpaired) electrons. The van der Waals surface area contributed by atoms with Crippen molar-refractivity contribution in [2.24, 2.45) is 11.8 Å². The predicted molar refractivity (Wildman–Crippen MR) is 138 cm³/mol. The second kappa shape index (κ2) is 12.4. The third-order valence-electron chi connectivity index (χ3n) is 7.23. The first kappa shape index (κ1) is 28.2. The molecule has 210 valence electrons. The van der Waals surface area contributed by atoms with E-state index in [0.717, 1.165) is 36.1 Å². The van der Waals surface area contributed by atoms with Crippen LogP contribution in [0, 0.1) is 11.8 Å². The number of hydrogen-bond acceptors (Lipinski definition) is 4. The van der Waals surface area contributed by atoms with Crippen LogP contribution in [0.25, 0.3) is 0 Å². The summed E-state index contributed by atoms with van der Waals surface area (Å²) in [6.45, 7) is 1.90. The quantitative estimate of drug-likeness (QED) is 0.398. The van der Waals surface area contributed by atoms with Crippen LogP contribution in [0.1, 0.15) is 43.7 Å². The summed E-state index contributed by atoms with van der Waals surface area (Å²) in [5.41, 5.74) is 1.43. The zero-order valence-electron chi connectivity index (χ0n) is 21.6. The number of pyridine rings is 1. The minimum Gasteiger partial charge on any atom is -0.334 e. The van der Waals surface area contributed by atoms with E-state index in [1.54, 1.807) is 6.07 Å². The molecule has 1 aromatic carbocycles. The van der Waals surface area contributed by atoms with E-state index in [1.165, 1.54) is 12.3 Å². The van der Waals surface area contributed by atoms with Crippen LogP contribution in [-0.2, 0) is 17.9 Å². The van der Waals surface area contributed by atoms with Gasteiger partial charge in [-0.25, -0.2) is 14.6 Å². The number of carbonyl (C=O) groups excluding carboxylic acids is 3. The Kier molecular flexibility index (Phi) is 8.93. The van der Waals surface area contributed by atoms with Gasteiger partial charge in [0, 0.05) is 19.3 Å². The van der Waals surface area contributed by atoms with Gasteiger partial charge in [0.2, 0.25) is 5.91 Å². The van der Waals surface area contributed by atoms with Crippen molar-refractivity contribution in [1.29, 1.82) is 0 Å². The number of urea groups is 2. The molecule has 1 aliphatic heterocycles. The number of benzene rings is 1. The first-order valence-corrected chi connectivity index (χ1v) is 13.0.